The molecule has 0 spiro atoms. The Morgan fingerprint density at radius 1 is 1.60 bits per heavy atom. The van der Waals surface area contributed by atoms with E-state index in [-0.39, 0.29) is 0 Å². The number of aromatic nitrogens is 2. The molecule has 0 saturated heterocycles. The lowest BCUT2D eigenvalue weighted by atomic mass is 10.1. The van der Waals surface area contributed by atoms with Crippen molar-refractivity contribution in [1.82, 2.24) is 9.78 Å². The van der Waals surface area contributed by atoms with Crippen LogP contribution in [0.5, 0.6) is 0 Å². The van der Waals surface area contributed by atoms with Crippen LogP contribution < -0.4 is 0 Å². The minimum absolute atomic E-state index is 0.445. The largest absolute Gasteiger partial charge is 0.387 e. The van der Waals surface area contributed by atoms with Crippen molar-refractivity contribution in [2.24, 2.45) is 0 Å². The second kappa shape index (κ2) is 6.26. The molecule has 0 bridgehead atoms. The third kappa shape index (κ3) is 3.41. The Morgan fingerprint density at radius 3 is 3.07 bits per heavy atom. The lowest BCUT2D eigenvalue weighted by molar-refractivity contribution is 0.158. The number of rotatable bonds is 5. The second-order valence-electron chi connectivity index (χ2n) is 3.46. The normalized spacial score (nSPS) is 11.9. The summed E-state index contributed by atoms with van der Waals surface area (Å²) in [5, 5.41) is 14.1. The SMILES string of the molecule is CC#CCCC(O)c1ccnn1CCC. The van der Waals surface area contributed by atoms with Crippen LogP contribution in [0, 0.1) is 11.8 Å². The van der Waals surface area contributed by atoms with Crippen molar-refractivity contribution >= 4 is 0 Å². The van der Waals surface area contributed by atoms with Crippen molar-refractivity contribution < 1.29 is 5.11 Å². The highest BCUT2D eigenvalue weighted by Crippen LogP contribution is 2.17. The van der Waals surface area contributed by atoms with Crippen LogP contribution in [0.25, 0.3) is 0 Å². The van der Waals surface area contributed by atoms with Crippen LogP contribution in [0.4, 0.5) is 0 Å². The Morgan fingerprint density at radius 2 is 2.40 bits per heavy atom. The predicted octanol–water partition coefficient (Wildman–Crippen LogP) is 2.13. The van der Waals surface area contributed by atoms with Crippen molar-refractivity contribution in [2.45, 2.75) is 45.8 Å². The molecule has 1 aromatic rings. The number of hydrogen-bond acceptors (Lipinski definition) is 2. The lowest BCUT2D eigenvalue weighted by Crippen LogP contribution is -2.08. The summed E-state index contributed by atoms with van der Waals surface area (Å²) in [6.45, 7) is 4.77. The third-order valence-corrected chi connectivity index (χ3v) is 2.25. The van der Waals surface area contributed by atoms with E-state index in [1.165, 1.54) is 0 Å². The van der Waals surface area contributed by atoms with E-state index < -0.39 is 6.10 Å². The molecule has 15 heavy (non-hydrogen) atoms. The molecule has 1 N–H and O–H groups in total. The van der Waals surface area contributed by atoms with E-state index in [0.29, 0.717) is 6.42 Å². The summed E-state index contributed by atoms with van der Waals surface area (Å²) in [5.74, 6) is 5.78. The highest BCUT2D eigenvalue weighted by molar-refractivity contribution is 5.06. The fourth-order valence-electron chi connectivity index (χ4n) is 1.51. The van der Waals surface area contributed by atoms with E-state index >= 15 is 0 Å². The number of aryl methyl sites for hydroxylation is 1. The molecule has 0 aromatic carbocycles. The van der Waals surface area contributed by atoms with Gasteiger partial charge >= 0.3 is 0 Å². The topological polar surface area (TPSA) is 38.1 Å². The zero-order chi connectivity index (χ0) is 11.1. The fourth-order valence-corrected chi connectivity index (χ4v) is 1.51. The van der Waals surface area contributed by atoms with Crippen LogP contribution in [-0.4, -0.2) is 14.9 Å². The van der Waals surface area contributed by atoms with Gasteiger partial charge in [0.25, 0.3) is 0 Å². The summed E-state index contributed by atoms with van der Waals surface area (Å²) in [6.07, 6.45) is 3.72. The quantitative estimate of drug-likeness (QED) is 0.749. The molecule has 0 aliphatic heterocycles. The summed E-state index contributed by atoms with van der Waals surface area (Å²) in [7, 11) is 0. The van der Waals surface area contributed by atoms with Crippen molar-refractivity contribution in [3.8, 4) is 11.8 Å². The summed E-state index contributed by atoms with van der Waals surface area (Å²) in [5.41, 5.74) is 0.898. The number of hydrogen-bond donors (Lipinski definition) is 1. The maximum absolute atomic E-state index is 9.91. The van der Waals surface area contributed by atoms with Crippen molar-refractivity contribution in [1.29, 1.82) is 0 Å². The minimum Gasteiger partial charge on any atom is -0.387 e. The Labute approximate surface area is 91.1 Å². The molecular formula is C12H18N2O. The summed E-state index contributed by atoms with van der Waals surface area (Å²) >= 11 is 0. The first kappa shape index (κ1) is 11.8. The van der Waals surface area contributed by atoms with Gasteiger partial charge in [0.2, 0.25) is 0 Å². The van der Waals surface area contributed by atoms with E-state index in [1.54, 1.807) is 6.20 Å². The molecule has 3 heteroatoms. The first-order valence-electron chi connectivity index (χ1n) is 5.39. The highest BCUT2D eigenvalue weighted by atomic mass is 16.3. The van der Waals surface area contributed by atoms with Gasteiger partial charge in [0, 0.05) is 19.2 Å². The molecule has 1 rings (SSSR count). The van der Waals surface area contributed by atoms with Gasteiger partial charge < -0.3 is 5.11 Å². The average molecular weight is 206 g/mol. The predicted molar refractivity (Wildman–Crippen MR) is 60.2 cm³/mol. The molecule has 0 radical (unpaired) electrons. The van der Waals surface area contributed by atoms with Crippen molar-refractivity contribution in [3.63, 3.8) is 0 Å². The smallest absolute Gasteiger partial charge is 0.0965 e. The fraction of sp³-hybridized carbons (Fsp3) is 0.583. The van der Waals surface area contributed by atoms with E-state index in [2.05, 4.69) is 23.9 Å². The molecule has 82 valence electrons. The molecule has 0 aliphatic rings. The zero-order valence-electron chi connectivity index (χ0n) is 9.40. The molecule has 1 aromatic heterocycles. The second-order valence-corrected chi connectivity index (χ2v) is 3.46. The maximum Gasteiger partial charge on any atom is 0.0965 e. The minimum atomic E-state index is -0.445. The Kier molecular flexibility index (Phi) is 4.92. The molecule has 0 fully saturated rings. The van der Waals surface area contributed by atoms with Gasteiger partial charge in [-0.15, -0.1) is 11.8 Å². The van der Waals surface area contributed by atoms with Gasteiger partial charge in [-0.05, 0) is 25.8 Å². The van der Waals surface area contributed by atoms with Crippen LogP contribution in [0.3, 0.4) is 0 Å². The Balaban J connectivity index is 2.58. The Bertz CT molecular complexity index is 346. The van der Waals surface area contributed by atoms with Gasteiger partial charge in [-0.25, -0.2) is 0 Å². The molecule has 1 heterocycles. The molecule has 0 amide bonds. The standard InChI is InChI=1S/C12H18N2O/c1-3-5-6-7-12(15)11-8-9-13-14(11)10-4-2/h8-9,12,15H,4,6-7,10H2,1-2H3. The molecule has 3 nitrogen and oxygen atoms in total. The lowest BCUT2D eigenvalue weighted by Gasteiger charge is -2.11. The number of aliphatic hydroxyl groups excluding tert-OH is 1. The highest BCUT2D eigenvalue weighted by Gasteiger charge is 2.11. The zero-order valence-corrected chi connectivity index (χ0v) is 9.40. The summed E-state index contributed by atoms with van der Waals surface area (Å²) < 4.78 is 1.87. The summed E-state index contributed by atoms with van der Waals surface area (Å²) in [4.78, 5) is 0. The average Bonchev–Trinajstić information content (AvgIpc) is 2.67. The van der Waals surface area contributed by atoms with Gasteiger partial charge in [-0.1, -0.05) is 6.92 Å². The van der Waals surface area contributed by atoms with Crippen molar-refractivity contribution in [2.75, 3.05) is 0 Å². The number of nitrogens with zero attached hydrogens (tertiary/aromatic N) is 2. The van der Waals surface area contributed by atoms with Crippen molar-refractivity contribution in [3.05, 3.63) is 18.0 Å². The van der Waals surface area contributed by atoms with Gasteiger partial charge in [0.15, 0.2) is 0 Å². The first-order valence-corrected chi connectivity index (χ1v) is 5.39. The molecular weight excluding hydrogens is 188 g/mol. The van der Waals surface area contributed by atoms with Crippen LogP contribution in [0.15, 0.2) is 12.3 Å². The van der Waals surface area contributed by atoms with Crippen LogP contribution in [0.1, 0.15) is 44.9 Å². The van der Waals surface area contributed by atoms with Crippen LogP contribution >= 0.6 is 0 Å². The molecule has 0 aliphatic carbocycles. The molecule has 1 atom stereocenters. The first-order chi connectivity index (χ1) is 7.29. The van der Waals surface area contributed by atoms with Crippen LogP contribution in [-0.2, 0) is 6.54 Å². The third-order valence-electron chi connectivity index (χ3n) is 2.25. The van der Waals surface area contributed by atoms with E-state index in [1.807, 2.05) is 17.7 Å². The van der Waals surface area contributed by atoms with Gasteiger partial charge in [0.05, 0.1) is 11.8 Å². The van der Waals surface area contributed by atoms with Gasteiger partial charge in [-0.2, -0.15) is 5.10 Å². The maximum atomic E-state index is 9.91. The Hall–Kier alpha value is -1.27. The molecule has 0 saturated carbocycles. The van der Waals surface area contributed by atoms with Gasteiger partial charge in [-0.3, -0.25) is 4.68 Å². The summed E-state index contributed by atoms with van der Waals surface area (Å²) in [6, 6.07) is 1.87. The molecule has 1 unspecified atom stereocenters. The van der Waals surface area contributed by atoms with E-state index in [9.17, 15) is 5.11 Å². The number of aliphatic hydroxyl groups is 1. The van der Waals surface area contributed by atoms with Crippen LogP contribution in [0.2, 0.25) is 0 Å². The van der Waals surface area contributed by atoms with E-state index in [0.717, 1.165) is 25.1 Å². The van der Waals surface area contributed by atoms with E-state index in [4.69, 9.17) is 0 Å². The monoisotopic (exact) mass is 206 g/mol. The van der Waals surface area contributed by atoms with Gasteiger partial charge in [0.1, 0.15) is 0 Å².